The van der Waals surface area contributed by atoms with Gasteiger partial charge in [0.05, 0.1) is 11.0 Å². The average Bonchev–Trinajstić information content (AvgIpc) is 2.87. The van der Waals surface area contributed by atoms with Gasteiger partial charge in [0.2, 0.25) is 11.8 Å². The molecule has 3 N–H and O–H groups in total. The van der Waals surface area contributed by atoms with Crippen molar-refractivity contribution in [3.63, 3.8) is 0 Å². The summed E-state index contributed by atoms with van der Waals surface area (Å²) in [5.74, 6) is -0.694. The van der Waals surface area contributed by atoms with Crippen LogP contribution in [0.4, 0.5) is 5.69 Å². The standard InChI is InChI=1S/C18H23N5O3.ClH/c1-22-15-10-12(20-11-6-8-19-9-7-11)2-3-13(15)23(18(22)26)14-4-5-16(24)21-17(14)25;/h2-3,10-11,14,19-20H,4-9H2,1H3,(H,21,24,25);1H. The molecule has 1 aromatic heterocycles. The van der Waals surface area contributed by atoms with Crippen molar-refractivity contribution in [2.45, 2.75) is 37.8 Å². The predicted octanol–water partition coefficient (Wildman–Crippen LogP) is 0.903. The van der Waals surface area contributed by atoms with Crippen molar-refractivity contribution in [1.82, 2.24) is 19.8 Å². The molecule has 0 spiro atoms. The SMILES string of the molecule is Cl.Cn1c(=O)n(C2CCC(=O)NC2=O)c2ccc(NC3CCNCC3)cc21. The molecule has 3 heterocycles. The molecule has 0 saturated carbocycles. The summed E-state index contributed by atoms with van der Waals surface area (Å²) in [7, 11) is 1.71. The van der Waals surface area contributed by atoms with E-state index in [1.165, 1.54) is 4.57 Å². The van der Waals surface area contributed by atoms with Crippen molar-refractivity contribution in [1.29, 1.82) is 0 Å². The molecular formula is C18H24ClN5O3. The lowest BCUT2D eigenvalue weighted by atomic mass is 10.1. The minimum Gasteiger partial charge on any atom is -0.382 e. The first-order valence-electron chi connectivity index (χ1n) is 9.06. The third-order valence-corrected chi connectivity index (χ3v) is 5.32. The Kier molecular flexibility index (Phi) is 5.57. The van der Waals surface area contributed by atoms with Crippen molar-refractivity contribution in [3.8, 4) is 0 Å². The van der Waals surface area contributed by atoms with Gasteiger partial charge in [-0.15, -0.1) is 12.4 Å². The Hall–Kier alpha value is -2.32. The number of imidazole rings is 1. The van der Waals surface area contributed by atoms with E-state index in [1.807, 2.05) is 18.2 Å². The number of piperidine rings is 2. The van der Waals surface area contributed by atoms with E-state index < -0.39 is 11.9 Å². The molecule has 9 heteroatoms. The number of carbonyl (C=O) groups is 2. The normalized spacial score (nSPS) is 21.0. The van der Waals surface area contributed by atoms with E-state index in [9.17, 15) is 14.4 Å². The second-order valence-corrected chi connectivity index (χ2v) is 7.05. The fourth-order valence-electron chi connectivity index (χ4n) is 3.88. The average molecular weight is 394 g/mol. The first-order valence-corrected chi connectivity index (χ1v) is 9.06. The van der Waals surface area contributed by atoms with E-state index in [4.69, 9.17) is 0 Å². The largest absolute Gasteiger partial charge is 0.382 e. The van der Waals surface area contributed by atoms with Crippen LogP contribution in [0.25, 0.3) is 11.0 Å². The number of benzene rings is 1. The topological polar surface area (TPSA) is 97.2 Å². The number of imide groups is 1. The van der Waals surface area contributed by atoms with Crippen LogP contribution in [0.15, 0.2) is 23.0 Å². The third-order valence-electron chi connectivity index (χ3n) is 5.32. The van der Waals surface area contributed by atoms with E-state index in [2.05, 4.69) is 16.0 Å². The fraction of sp³-hybridized carbons (Fsp3) is 0.500. The molecule has 1 aromatic carbocycles. The van der Waals surface area contributed by atoms with Crippen LogP contribution >= 0.6 is 12.4 Å². The molecule has 2 saturated heterocycles. The molecule has 0 aliphatic carbocycles. The number of hydrogen-bond acceptors (Lipinski definition) is 5. The molecule has 2 amide bonds. The molecule has 2 fully saturated rings. The van der Waals surface area contributed by atoms with Gasteiger partial charge in [0.15, 0.2) is 0 Å². The Bertz CT molecular complexity index is 929. The van der Waals surface area contributed by atoms with Crippen molar-refractivity contribution >= 4 is 40.9 Å². The number of fused-ring (bicyclic) bond motifs is 1. The molecule has 1 unspecified atom stereocenters. The molecule has 0 bridgehead atoms. The van der Waals surface area contributed by atoms with E-state index in [0.29, 0.717) is 18.0 Å². The van der Waals surface area contributed by atoms with Gasteiger partial charge in [-0.2, -0.15) is 0 Å². The summed E-state index contributed by atoms with van der Waals surface area (Å²) in [5, 5.41) is 9.21. The third kappa shape index (κ3) is 3.59. The second kappa shape index (κ2) is 7.74. The molecule has 2 aliphatic rings. The zero-order valence-electron chi connectivity index (χ0n) is 15.2. The van der Waals surface area contributed by atoms with E-state index in [1.54, 1.807) is 11.6 Å². The van der Waals surface area contributed by atoms with Gasteiger partial charge in [-0.05, 0) is 50.6 Å². The van der Waals surface area contributed by atoms with E-state index >= 15 is 0 Å². The number of aryl methyl sites for hydroxylation is 1. The van der Waals surface area contributed by atoms with Gasteiger partial charge in [0.25, 0.3) is 0 Å². The first kappa shape index (κ1) is 19.4. The lowest BCUT2D eigenvalue weighted by Crippen LogP contribution is -2.44. The highest BCUT2D eigenvalue weighted by Crippen LogP contribution is 2.25. The van der Waals surface area contributed by atoms with E-state index in [-0.39, 0.29) is 30.4 Å². The summed E-state index contributed by atoms with van der Waals surface area (Å²) in [5.41, 5.74) is 2.22. The highest BCUT2D eigenvalue weighted by atomic mass is 35.5. The molecule has 0 radical (unpaired) electrons. The van der Waals surface area contributed by atoms with Gasteiger partial charge in [-0.25, -0.2) is 4.79 Å². The van der Waals surface area contributed by atoms with Gasteiger partial charge in [-0.1, -0.05) is 0 Å². The summed E-state index contributed by atoms with van der Waals surface area (Å²) in [6.07, 6.45) is 2.72. The van der Waals surface area contributed by atoms with Crippen molar-refractivity contribution in [2.75, 3.05) is 18.4 Å². The minimum absolute atomic E-state index is 0. The molecule has 1 atom stereocenters. The zero-order chi connectivity index (χ0) is 18.3. The Morgan fingerprint density at radius 1 is 1.07 bits per heavy atom. The van der Waals surface area contributed by atoms with Crippen LogP contribution in [0.5, 0.6) is 0 Å². The highest BCUT2D eigenvalue weighted by molar-refractivity contribution is 6.00. The minimum atomic E-state index is -0.646. The van der Waals surface area contributed by atoms with Crippen molar-refractivity contribution in [2.24, 2.45) is 7.05 Å². The maximum atomic E-state index is 12.7. The van der Waals surface area contributed by atoms with E-state index in [0.717, 1.165) is 37.1 Å². The van der Waals surface area contributed by atoms with Gasteiger partial charge in [0, 0.05) is 25.2 Å². The number of carbonyl (C=O) groups excluding carboxylic acids is 2. The molecular weight excluding hydrogens is 370 g/mol. The molecule has 146 valence electrons. The fourth-order valence-corrected chi connectivity index (χ4v) is 3.88. The van der Waals surface area contributed by atoms with Crippen LogP contribution in [0.1, 0.15) is 31.7 Å². The Morgan fingerprint density at radius 3 is 2.52 bits per heavy atom. The monoisotopic (exact) mass is 393 g/mol. The highest BCUT2D eigenvalue weighted by Gasteiger charge is 2.31. The van der Waals surface area contributed by atoms with Crippen molar-refractivity contribution in [3.05, 3.63) is 28.7 Å². The number of halogens is 1. The predicted molar refractivity (Wildman–Crippen MR) is 105 cm³/mol. The van der Waals surface area contributed by atoms with Crippen LogP contribution in [0.2, 0.25) is 0 Å². The summed E-state index contributed by atoms with van der Waals surface area (Å²) in [6, 6.07) is 5.56. The van der Waals surface area contributed by atoms with Gasteiger partial charge in [-0.3, -0.25) is 24.0 Å². The Balaban J connectivity index is 0.00000210. The number of nitrogens with one attached hydrogen (secondary N) is 3. The van der Waals surface area contributed by atoms with Crippen LogP contribution in [-0.2, 0) is 16.6 Å². The first-order chi connectivity index (χ1) is 12.5. The number of anilines is 1. The smallest absolute Gasteiger partial charge is 0.329 e. The van der Waals surface area contributed by atoms with Crippen LogP contribution < -0.4 is 21.6 Å². The van der Waals surface area contributed by atoms with Crippen LogP contribution in [0, 0.1) is 0 Å². The number of amides is 2. The van der Waals surface area contributed by atoms with Gasteiger partial charge < -0.3 is 10.6 Å². The van der Waals surface area contributed by atoms with Crippen molar-refractivity contribution < 1.29 is 9.59 Å². The van der Waals surface area contributed by atoms with Crippen LogP contribution in [0.3, 0.4) is 0 Å². The number of aromatic nitrogens is 2. The Labute approximate surface area is 162 Å². The summed E-state index contributed by atoms with van der Waals surface area (Å²) < 4.78 is 3.07. The van der Waals surface area contributed by atoms with Gasteiger partial charge >= 0.3 is 5.69 Å². The summed E-state index contributed by atoms with van der Waals surface area (Å²) in [4.78, 5) is 36.4. The second-order valence-electron chi connectivity index (χ2n) is 7.05. The quantitative estimate of drug-likeness (QED) is 0.673. The molecule has 8 nitrogen and oxygen atoms in total. The molecule has 2 aromatic rings. The lowest BCUT2D eigenvalue weighted by molar-refractivity contribution is -0.135. The lowest BCUT2D eigenvalue weighted by Gasteiger charge is -2.25. The zero-order valence-corrected chi connectivity index (χ0v) is 16.0. The van der Waals surface area contributed by atoms with Gasteiger partial charge in [0.1, 0.15) is 6.04 Å². The molecule has 27 heavy (non-hydrogen) atoms. The number of rotatable bonds is 3. The maximum absolute atomic E-state index is 12.7. The summed E-state index contributed by atoms with van der Waals surface area (Å²) in [6.45, 7) is 2.01. The molecule has 2 aliphatic heterocycles. The van der Waals surface area contributed by atoms with Crippen LogP contribution in [-0.4, -0.2) is 40.1 Å². The number of nitrogens with zero attached hydrogens (tertiary/aromatic N) is 2. The Morgan fingerprint density at radius 2 is 1.81 bits per heavy atom. The maximum Gasteiger partial charge on any atom is 0.329 e. The number of hydrogen-bond donors (Lipinski definition) is 3. The molecule has 4 rings (SSSR count). The summed E-state index contributed by atoms with van der Waals surface area (Å²) >= 11 is 0.